The number of hydrogen-bond acceptors (Lipinski definition) is 1. The minimum Gasteiger partial charge on any atom is -0.413 e. The minimum atomic E-state index is -1.53. The van der Waals surface area contributed by atoms with Crippen molar-refractivity contribution in [2.45, 2.75) is 71.5 Å². The molecule has 0 bridgehead atoms. The molecule has 0 aliphatic carbocycles. The molecule has 0 N–H and O–H groups in total. The number of rotatable bonds is 7. The highest BCUT2D eigenvalue weighted by molar-refractivity contribution is 6.74. The maximum atomic E-state index is 6.05. The van der Waals surface area contributed by atoms with Crippen LogP contribution in [0.3, 0.4) is 0 Å². The summed E-state index contributed by atoms with van der Waals surface area (Å²) in [6.07, 6.45) is 9.61. The second kappa shape index (κ2) is 7.28. The molecule has 0 aromatic rings. The van der Waals surface area contributed by atoms with E-state index in [4.69, 9.17) is 4.43 Å². The van der Waals surface area contributed by atoms with Crippen LogP contribution in [0.2, 0.25) is 18.1 Å². The Hall–Kier alpha value is -0.0831. The Balaban J connectivity index is 3.73. The van der Waals surface area contributed by atoms with Crippen LogP contribution < -0.4 is 0 Å². The van der Waals surface area contributed by atoms with Crippen molar-refractivity contribution in [3.05, 3.63) is 12.2 Å². The molecule has 0 amide bonds. The van der Waals surface area contributed by atoms with Gasteiger partial charge in [0, 0.05) is 0 Å². The molecule has 0 heterocycles. The molecular formula is C14H30OSi. The molecule has 0 aromatic carbocycles. The third-order valence-electron chi connectivity index (χ3n) is 3.49. The van der Waals surface area contributed by atoms with Crippen LogP contribution in [0.1, 0.15) is 53.4 Å². The highest BCUT2D eigenvalue weighted by atomic mass is 28.4. The first kappa shape index (κ1) is 15.9. The zero-order valence-electron chi connectivity index (χ0n) is 12.1. The van der Waals surface area contributed by atoms with Gasteiger partial charge in [-0.3, -0.25) is 0 Å². The van der Waals surface area contributed by atoms with Gasteiger partial charge in [-0.2, -0.15) is 0 Å². The quantitative estimate of drug-likeness (QED) is 0.341. The van der Waals surface area contributed by atoms with Crippen molar-refractivity contribution in [2.24, 2.45) is 0 Å². The van der Waals surface area contributed by atoms with Crippen LogP contribution in [-0.2, 0) is 4.43 Å². The summed E-state index contributed by atoms with van der Waals surface area (Å²) in [7, 11) is -1.53. The Morgan fingerprint density at radius 3 is 2.19 bits per heavy atom. The zero-order valence-corrected chi connectivity index (χ0v) is 13.1. The molecule has 0 saturated carbocycles. The van der Waals surface area contributed by atoms with E-state index in [1.807, 2.05) is 0 Å². The van der Waals surface area contributed by atoms with Crippen molar-refractivity contribution < 1.29 is 4.43 Å². The van der Waals surface area contributed by atoms with Gasteiger partial charge in [-0.25, -0.2) is 0 Å². The van der Waals surface area contributed by atoms with E-state index >= 15 is 0 Å². The normalized spacial score (nSPS) is 13.6. The average molecular weight is 242 g/mol. The molecule has 96 valence electrons. The molecule has 0 unspecified atom stereocenters. The van der Waals surface area contributed by atoms with Crippen molar-refractivity contribution >= 4 is 8.32 Å². The monoisotopic (exact) mass is 242 g/mol. The second-order valence-corrected chi connectivity index (χ2v) is 10.8. The van der Waals surface area contributed by atoms with E-state index in [1.54, 1.807) is 0 Å². The van der Waals surface area contributed by atoms with Gasteiger partial charge in [0.1, 0.15) is 0 Å². The fourth-order valence-electron chi connectivity index (χ4n) is 1.17. The molecule has 16 heavy (non-hydrogen) atoms. The number of unbranched alkanes of at least 4 members (excludes halogenated alkanes) is 3. The van der Waals surface area contributed by atoms with Crippen LogP contribution >= 0.6 is 0 Å². The SMILES string of the molecule is CCCCC/C=C/CO[Si](C)(C)C(C)(C)C. The van der Waals surface area contributed by atoms with Gasteiger partial charge in [0.2, 0.25) is 0 Å². The summed E-state index contributed by atoms with van der Waals surface area (Å²) in [6.45, 7) is 14.5. The van der Waals surface area contributed by atoms with Gasteiger partial charge >= 0.3 is 0 Å². The maximum Gasteiger partial charge on any atom is 0.192 e. The standard InChI is InChI=1S/C14H30OSi/c1-7-8-9-10-11-12-13-15-16(5,6)14(2,3)4/h11-12H,7-10,13H2,1-6H3/b12-11+. The lowest BCUT2D eigenvalue weighted by atomic mass is 10.2. The van der Waals surface area contributed by atoms with Crippen LogP contribution in [0, 0.1) is 0 Å². The Bertz CT molecular complexity index is 201. The van der Waals surface area contributed by atoms with E-state index in [0.717, 1.165) is 6.61 Å². The molecule has 0 atom stereocenters. The molecule has 0 radical (unpaired) electrons. The van der Waals surface area contributed by atoms with Crippen molar-refractivity contribution in [3.8, 4) is 0 Å². The summed E-state index contributed by atoms with van der Waals surface area (Å²) < 4.78 is 6.05. The molecule has 0 spiro atoms. The van der Waals surface area contributed by atoms with Crippen molar-refractivity contribution in [2.75, 3.05) is 6.61 Å². The molecule has 0 aliphatic rings. The Labute approximate surface area is 103 Å². The molecule has 2 heteroatoms. The summed E-state index contributed by atoms with van der Waals surface area (Å²) in [5.41, 5.74) is 0. The Morgan fingerprint density at radius 2 is 1.69 bits per heavy atom. The summed E-state index contributed by atoms with van der Waals surface area (Å²) in [5.74, 6) is 0. The van der Waals surface area contributed by atoms with Crippen LogP contribution in [-0.4, -0.2) is 14.9 Å². The van der Waals surface area contributed by atoms with Gasteiger partial charge < -0.3 is 4.43 Å². The summed E-state index contributed by atoms with van der Waals surface area (Å²) in [5, 5.41) is 0.322. The van der Waals surface area contributed by atoms with Crippen LogP contribution in [0.5, 0.6) is 0 Å². The number of hydrogen-bond donors (Lipinski definition) is 0. The van der Waals surface area contributed by atoms with Crippen molar-refractivity contribution in [1.29, 1.82) is 0 Å². The first-order valence-electron chi connectivity index (χ1n) is 6.60. The van der Waals surface area contributed by atoms with Crippen LogP contribution in [0.25, 0.3) is 0 Å². The Kier molecular flexibility index (Phi) is 7.25. The molecule has 0 rings (SSSR count). The first-order valence-corrected chi connectivity index (χ1v) is 9.51. The van der Waals surface area contributed by atoms with E-state index in [-0.39, 0.29) is 0 Å². The fourth-order valence-corrected chi connectivity index (χ4v) is 2.12. The van der Waals surface area contributed by atoms with Gasteiger partial charge in [0.05, 0.1) is 6.61 Å². The van der Waals surface area contributed by atoms with E-state index in [1.165, 1.54) is 25.7 Å². The molecule has 0 aliphatic heterocycles. The molecule has 0 saturated heterocycles. The highest BCUT2D eigenvalue weighted by Gasteiger charge is 2.36. The Morgan fingerprint density at radius 1 is 1.06 bits per heavy atom. The van der Waals surface area contributed by atoms with Crippen LogP contribution in [0.4, 0.5) is 0 Å². The van der Waals surface area contributed by atoms with Crippen LogP contribution in [0.15, 0.2) is 12.2 Å². The predicted molar refractivity (Wildman–Crippen MR) is 76.4 cm³/mol. The topological polar surface area (TPSA) is 9.23 Å². The summed E-state index contributed by atoms with van der Waals surface area (Å²) in [4.78, 5) is 0. The lowest BCUT2D eigenvalue weighted by molar-refractivity contribution is 0.327. The first-order chi connectivity index (χ1) is 7.31. The second-order valence-electron chi connectivity index (χ2n) is 6.04. The van der Waals surface area contributed by atoms with E-state index < -0.39 is 8.32 Å². The zero-order chi connectivity index (χ0) is 12.7. The largest absolute Gasteiger partial charge is 0.413 e. The van der Waals surface area contributed by atoms with Gasteiger partial charge in [-0.05, 0) is 31.0 Å². The third-order valence-corrected chi connectivity index (χ3v) is 7.99. The van der Waals surface area contributed by atoms with E-state index in [2.05, 4.69) is 52.9 Å². The van der Waals surface area contributed by atoms with E-state index in [0.29, 0.717) is 5.04 Å². The fraction of sp³-hybridized carbons (Fsp3) is 0.857. The molecule has 0 fully saturated rings. The summed E-state index contributed by atoms with van der Waals surface area (Å²) >= 11 is 0. The van der Waals surface area contributed by atoms with Gasteiger partial charge in [-0.15, -0.1) is 0 Å². The van der Waals surface area contributed by atoms with Gasteiger partial charge in [0.15, 0.2) is 8.32 Å². The lowest BCUT2D eigenvalue weighted by Gasteiger charge is -2.35. The van der Waals surface area contributed by atoms with E-state index in [9.17, 15) is 0 Å². The highest BCUT2D eigenvalue weighted by Crippen LogP contribution is 2.36. The van der Waals surface area contributed by atoms with Crippen molar-refractivity contribution in [1.82, 2.24) is 0 Å². The molecular weight excluding hydrogens is 212 g/mol. The van der Waals surface area contributed by atoms with Crippen molar-refractivity contribution in [3.63, 3.8) is 0 Å². The average Bonchev–Trinajstić information content (AvgIpc) is 2.14. The van der Waals surface area contributed by atoms with Gasteiger partial charge in [-0.1, -0.05) is 52.7 Å². The minimum absolute atomic E-state index is 0.322. The summed E-state index contributed by atoms with van der Waals surface area (Å²) in [6, 6.07) is 0. The molecule has 1 nitrogen and oxygen atoms in total. The smallest absolute Gasteiger partial charge is 0.192 e. The molecule has 0 aromatic heterocycles. The lowest BCUT2D eigenvalue weighted by Crippen LogP contribution is -2.40. The number of allylic oxidation sites excluding steroid dienone is 1. The maximum absolute atomic E-state index is 6.05. The predicted octanol–water partition coefficient (Wildman–Crippen LogP) is 5.14. The van der Waals surface area contributed by atoms with Gasteiger partial charge in [0.25, 0.3) is 0 Å². The third kappa shape index (κ3) is 6.49.